The van der Waals surface area contributed by atoms with Crippen LogP contribution in [0.4, 0.5) is 5.69 Å². The number of morpholine rings is 1. The fourth-order valence-corrected chi connectivity index (χ4v) is 3.84. The van der Waals surface area contributed by atoms with Crippen molar-refractivity contribution in [2.45, 2.75) is 11.8 Å². The van der Waals surface area contributed by atoms with E-state index in [0.717, 1.165) is 4.31 Å². The van der Waals surface area contributed by atoms with Crippen molar-refractivity contribution >= 4 is 15.7 Å². The zero-order chi connectivity index (χ0) is 17.0. The second-order valence-electron chi connectivity index (χ2n) is 4.92. The number of hydrogen-bond donors (Lipinski definition) is 0. The van der Waals surface area contributed by atoms with E-state index >= 15 is 0 Å². The van der Waals surface area contributed by atoms with Crippen LogP contribution in [0.3, 0.4) is 0 Å². The van der Waals surface area contributed by atoms with Gasteiger partial charge in [-0.1, -0.05) is 12.1 Å². The van der Waals surface area contributed by atoms with E-state index in [1.807, 2.05) is 0 Å². The largest absolute Gasteiger partial charge is 0.379 e. The molecule has 1 aromatic rings. The lowest BCUT2D eigenvalue weighted by molar-refractivity contribution is -0.497. The first-order valence-electron chi connectivity index (χ1n) is 6.76. The third-order valence-corrected chi connectivity index (χ3v) is 5.58. The second kappa shape index (κ2) is 6.98. The van der Waals surface area contributed by atoms with Crippen LogP contribution in [-0.4, -0.2) is 54.2 Å². The second-order valence-corrected chi connectivity index (χ2v) is 7.01. The Morgan fingerprint density at radius 1 is 1.13 bits per heavy atom. The fourth-order valence-electron chi connectivity index (χ4n) is 2.22. The molecule has 10 nitrogen and oxygen atoms in total. The number of hydrogen-bond acceptors (Lipinski definition) is 7. The molecule has 23 heavy (non-hydrogen) atoms. The van der Waals surface area contributed by atoms with E-state index in [0.29, 0.717) is 5.56 Å². The van der Waals surface area contributed by atoms with Crippen molar-refractivity contribution in [1.82, 2.24) is 4.31 Å². The highest BCUT2D eigenvalue weighted by Crippen LogP contribution is 2.19. The first-order chi connectivity index (χ1) is 10.8. The molecule has 1 atom stereocenters. The van der Waals surface area contributed by atoms with Gasteiger partial charge in [0.05, 0.1) is 24.6 Å². The summed E-state index contributed by atoms with van der Waals surface area (Å²) < 4.78 is 31.0. The zero-order valence-electron chi connectivity index (χ0n) is 12.0. The molecule has 1 aromatic carbocycles. The molecule has 1 saturated heterocycles. The Bertz CT molecular complexity index is 683. The number of nitrogens with zero attached hydrogens (tertiary/aromatic N) is 3. The van der Waals surface area contributed by atoms with Gasteiger partial charge in [0.15, 0.2) is 0 Å². The summed E-state index contributed by atoms with van der Waals surface area (Å²) >= 11 is 0. The molecule has 1 aliphatic rings. The van der Waals surface area contributed by atoms with E-state index in [1.54, 1.807) is 0 Å². The Balaban J connectivity index is 2.21. The molecule has 1 fully saturated rings. The number of rotatable bonds is 6. The molecule has 1 aliphatic heterocycles. The van der Waals surface area contributed by atoms with Gasteiger partial charge in [-0.2, -0.15) is 4.31 Å². The topological polar surface area (TPSA) is 133 Å². The third kappa shape index (κ3) is 4.00. The number of benzene rings is 1. The van der Waals surface area contributed by atoms with Crippen molar-refractivity contribution in [2.75, 3.05) is 26.3 Å². The maximum absolute atomic E-state index is 12.4. The molecular formula is C12H15N3O7S. The molecule has 2 rings (SSSR count). The van der Waals surface area contributed by atoms with Gasteiger partial charge in [0.25, 0.3) is 15.7 Å². The Hall–Kier alpha value is -2.11. The van der Waals surface area contributed by atoms with E-state index in [2.05, 4.69) is 0 Å². The monoisotopic (exact) mass is 345 g/mol. The van der Waals surface area contributed by atoms with Crippen LogP contribution in [0.1, 0.15) is 5.56 Å². The average Bonchev–Trinajstić information content (AvgIpc) is 2.53. The molecule has 0 bridgehead atoms. The first-order valence-corrected chi connectivity index (χ1v) is 8.26. The van der Waals surface area contributed by atoms with Crippen molar-refractivity contribution in [3.05, 3.63) is 50.1 Å². The molecule has 0 radical (unpaired) electrons. The van der Waals surface area contributed by atoms with Gasteiger partial charge in [-0.05, 0) is 5.56 Å². The summed E-state index contributed by atoms with van der Waals surface area (Å²) in [6, 6.07) is 5.02. The highest BCUT2D eigenvalue weighted by molar-refractivity contribution is 7.89. The van der Waals surface area contributed by atoms with E-state index in [9.17, 15) is 28.6 Å². The summed E-state index contributed by atoms with van der Waals surface area (Å²) in [5, 5.41) is 20.0. The molecule has 1 heterocycles. The summed E-state index contributed by atoms with van der Waals surface area (Å²) in [4.78, 5) is 20.4. The molecule has 0 aromatic heterocycles. The maximum Gasteiger partial charge on any atom is 0.327 e. The van der Waals surface area contributed by atoms with Gasteiger partial charge in [-0.3, -0.25) is 20.2 Å². The quantitative estimate of drug-likeness (QED) is 0.538. The van der Waals surface area contributed by atoms with Gasteiger partial charge in [0.2, 0.25) is 0 Å². The lowest BCUT2D eigenvalue weighted by Crippen LogP contribution is -2.48. The number of sulfonamides is 1. The van der Waals surface area contributed by atoms with E-state index in [-0.39, 0.29) is 38.4 Å². The normalized spacial score (nSPS) is 17.6. The fraction of sp³-hybridized carbons (Fsp3) is 0.500. The summed E-state index contributed by atoms with van der Waals surface area (Å²) in [6.45, 7) is 0.544. The SMILES string of the molecule is O=[N+]([O-])c1ccc(CC([N+](=O)[O-])S(=O)(=O)N2CCOCC2)cc1. The maximum atomic E-state index is 12.4. The first kappa shape index (κ1) is 17.2. The minimum Gasteiger partial charge on any atom is -0.379 e. The average molecular weight is 345 g/mol. The Morgan fingerprint density at radius 2 is 1.70 bits per heavy atom. The van der Waals surface area contributed by atoms with Gasteiger partial charge < -0.3 is 4.74 Å². The Kier molecular flexibility index (Phi) is 5.23. The molecule has 1 unspecified atom stereocenters. The van der Waals surface area contributed by atoms with Crippen molar-refractivity contribution in [3.8, 4) is 0 Å². The van der Waals surface area contributed by atoms with E-state index in [4.69, 9.17) is 4.74 Å². The molecule has 126 valence electrons. The lowest BCUT2D eigenvalue weighted by atomic mass is 10.1. The van der Waals surface area contributed by atoms with Crippen LogP contribution < -0.4 is 0 Å². The number of nitro benzene ring substituents is 1. The molecule has 0 spiro atoms. The van der Waals surface area contributed by atoms with Gasteiger partial charge >= 0.3 is 5.37 Å². The third-order valence-electron chi connectivity index (χ3n) is 3.47. The summed E-state index contributed by atoms with van der Waals surface area (Å²) in [5.74, 6) is 0. The number of non-ortho nitro benzene ring substituents is 1. The van der Waals surface area contributed by atoms with E-state index < -0.39 is 25.2 Å². The van der Waals surface area contributed by atoms with Crippen molar-refractivity contribution in [3.63, 3.8) is 0 Å². The molecule has 0 aliphatic carbocycles. The molecule has 11 heteroatoms. The van der Waals surface area contributed by atoms with Crippen molar-refractivity contribution in [1.29, 1.82) is 0 Å². The Morgan fingerprint density at radius 3 is 2.17 bits per heavy atom. The van der Waals surface area contributed by atoms with Crippen LogP contribution in [0.15, 0.2) is 24.3 Å². The van der Waals surface area contributed by atoms with Gasteiger partial charge in [-0.15, -0.1) is 0 Å². The van der Waals surface area contributed by atoms with Crippen LogP contribution in [0.2, 0.25) is 0 Å². The lowest BCUT2D eigenvalue weighted by Gasteiger charge is -2.27. The summed E-state index contributed by atoms with van der Waals surface area (Å²) in [7, 11) is -4.13. The summed E-state index contributed by atoms with van der Waals surface area (Å²) in [6.07, 6.45) is -0.356. The Labute approximate surface area is 132 Å². The standard InChI is InChI=1S/C12H15N3O7S/c16-14(17)11-3-1-10(2-4-11)9-12(15(18)19)23(20,21)13-5-7-22-8-6-13/h1-4,12H,5-9H2. The minimum absolute atomic E-state index is 0.0763. The van der Waals surface area contributed by atoms with Crippen LogP contribution in [0, 0.1) is 20.2 Å². The number of nitro groups is 2. The van der Waals surface area contributed by atoms with Crippen LogP contribution in [-0.2, 0) is 21.2 Å². The molecule has 0 saturated carbocycles. The zero-order valence-corrected chi connectivity index (χ0v) is 12.8. The van der Waals surface area contributed by atoms with Crippen molar-refractivity contribution < 1.29 is 23.0 Å². The smallest absolute Gasteiger partial charge is 0.327 e. The van der Waals surface area contributed by atoms with Gasteiger partial charge in [0, 0.05) is 30.1 Å². The van der Waals surface area contributed by atoms with Crippen LogP contribution in [0.5, 0.6) is 0 Å². The molecule has 0 N–H and O–H groups in total. The minimum atomic E-state index is -4.13. The molecule has 0 amide bonds. The number of ether oxygens (including phenoxy) is 1. The highest BCUT2D eigenvalue weighted by atomic mass is 32.2. The van der Waals surface area contributed by atoms with Gasteiger partial charge in [-0.25, -0.2) is 8.42 Å². The van der Waals surface area contributed by atoms with Crippen LogP contribution in [0.25, 0.3) is 0 Å². The highest BCUT2D eigenvalue weighted by Gasteiger charge is 2.41. The predicted octanol–water partition coefficient (Wildman–Crippen LogP) is 0.402. The summed E-state index contributed by atoms with van der Waals surface area (Å²) in [5.41, 5.74) is 0.177. The van der Waals surface area contributed by atoms with Crippen LogP contribution >= 0.6 is 0 Å². The van der Waals surface area contributed by atoms with Crippen molar-refractivity contribution in [2.24, 2.45) is 0 Å². The predicted molar refractivity (Wildman–Crippen MR) is 78.9 cm³/mol. The molecular weight excluding hydrogens is 330 g/mol. The van der Waals surface area contributed by atoms with E-state index in [1.165, 1.54) is 24.3 Å². The van der Waals surface area contributed by atoms with Gasteiger partial charge in [0.1, 0.15) is 0 Å².